The molecule has 0 atom stereocenters. The van der Waals surface area contributed by atoms with Gasteiger partial charge in [-0.2, -0.15) is 0 Å². The summed E-state index contributed by atoms with van der Waals surface area (Å²) in [4.78, 5) is 28.9. The lowest BCUT2D eigenvalue weighted by Crippen LogP contribution is -2.18. The van der Waals surface area contributed by atoms with Crippen molar-refractivity contribution in [3.63, 3.8) is 0 Å². The maximum atomic E-state index is 13.2. The predicted octanol–water partition coefficient (Wildman–Crippen LogP) is 4.78. The fraction of sp³-hybridized carbons (Fsp3) is 0.240. The van der Waals surface area contributed by atoms with Crippen LogP contribution in [0.5, 0.6) is 0 Å². The highest BCUT2D eigenvalue weighted by Crippen LogP contribution is 2.27. The number of hydrogen-bond acceptors (Lipinski definition) is 6. The quantitative estimate of drug-likeness (QED) is 0.370. The molecule has 3 aromatic rings. The van der Waals surface area contributed by atoms with E-state index in [1.807, 2.05) is 20.8 Å². The fourth-order valence-corrected chi connectivity index (χ4v) is 4.45. The monoisotopic (exact) mass is 500 g/mol. The van der Waals surface area contributed by atoms with Gasteiger partial charge in [0.15, 0.2) is 0 Å². The summed E-state index contributed by atoms with van der Waals surface area (Å²) in [6.07, 6.45) is 1.26. The van der Waals surface area contributed by atoms with Crippen molar-refractivity contribution < 1.29 is 22.7 Å². The van der Waals surface area contributed by atoms with Crippen molar-refractivity contribution in [2.24, 2.45) is 0 Å². The number of ketones is 1. The van der Waals surface area contributed by atoms with Crippen LogP contribution in [0.15, 0.2) is 65.7 Å². The third kappa shape index (κ3) is 6.01. The van der Waals surface area contributed by atoms with Crippen molar-refractivity contribution in [2.75, 3.05) is 11.8 Å². The molecule has 7 nitrogen and oxygen atoms in total. The van der Waals surface area contributed by atoms with Crippen LogP contribution in [0.1, 0.15) is 48.0 Å². The maximum absolute atomic E-state index is 13.2. The molecule has 0 radical (unpaired) electrons. The number of methoxy groups -OCH3 is 1. The second-order valence-electron chi connectivity index (χ2n) is 8.71. The number of carbonyl (C=O) groups excluding carboxylic acids is 2. The summed E-state index contributed by atoms with van der Waals surface area (Å²) < 4.78 is 33.2. The van der Waals surface area contributed by atoms with Crippen LogP contribution in [0.4, 0.5) is 5.69 Å². The minimum atomic E-state index is -4.02. The van der Waals surface area contributed by atoms with Crippen LogP contribution < -0.4 is 4.72 Å². The Morgan fingerprint density at radius 3 is 2.35 bits per heavy atom. The van der Waals surface area contributed by atoms with Gasteiger partial charge in [-0.25, -0.2) is 13.4 Å². The fourth-order valence-electron chi connectivity index (χ4n) is 3.23. The molecule has 178 valence electrons. The predicted molar refractivity (Wildman–Crippen MR) is 131 cm³/mol. The van der Waals surface area contributed by atoms with E-state index in [1.54, 1.807) is 36.4 Å². The first-order valence-corrected chi connectivity index (χ1v) is 12.3. The van der Waals surface area contributed by atoms with Crippen molar-refractivity contribution in [1.82, 2.24) is 4.98 Å². The van der Waals surface area contributed by atoms with Crippen molar-refractivity contribution >= 4 is 39.1 Å². The third-order valence-corrected chi connectivity index (χ3v) is 6.70. The number of hydrogen-bond donors (Lipinski definition) is 1. The lowest BCUT2D eigenvalue weighted by Gasteiger charge is -2.19. The molecule has 2 aromatic carbocycles. The molecule has 0 spiro atoms. The van der Waals surface area contributed by atoms with Crippen LogP contribution in [-0.2, 0) is 31.4 Å². The standard InChI is InChI=1S/C25H25ClN2O5S/c1-25(2,3)18-8-10-20(11-9-18)34(31,32)28-21-14-19(26)15-27-23(21)24(30)17-7-5-6-16(12-17)13-22(29)33-4/h5-12,14-15,28H,13H2,1-4H3. The molecule has 0 amide bonds. The Hall–Kier alpha value is -3.23. The molecule has 0 saturated carbocycles. The van der Waals surface area contributed by atoms with E-state index >= 15 is 0 Å². The number of anilines is 1. The highest BCUT2D eigenvalue weighted by molar-refractivity contribution is 7.92. The van der Waals surface area contributed by atoms with Gasteiger partial charge in [-0.05, 0) is 40.8 Å². The van der Waals surface area contributed by atoms with Crippen molar-refractivity contribution in [2.45, 2.75) is 37.5 Å². The zero-order valence-corrected chi connectivity index (χ0v) is 20.8. The van der Waals surface area contributed by atoms with Crippen LogP contribution in [0.2, 0.25) is 5.02 Å². The molecule has 0 aliphatic carbocycles. The molecule has 0 saturated heterocycles. The van der Waals surface area contributed by atoms with Gasteiger partial charge >= 0.3 is 5.97 Å². The molecule has 1 aromatic heterocycles. The van der Waals surface area contributed by atoms with Crippen LogP contribution in [0, 0.1) is 0 Å². The Balaban J connectivity index is 1.94. The first-order valence-electron chi connectivity index (χ1n) is 10.4. The number of halogens is 1. The molecule has 0 aliphatic heterocycles. The molecular formula is C25H25ClN2O5S. The van der Waals surface area contributed by atoms with E-state index < -0.39 is 21.8 Å². The number of esters is 1. The van der Waals surface area contributed by atoms with Gasteiger partial charge in [-0.3, -0.25) is 14.3 Å². The van der Waals surface area contributed by atoms with Crippen molar-refractivity contribution in [3.8, 4) is 0 Å². The number of rotatable bonds is 7. The Bertz CT molecular complexity index is 1330. The Morgan fingerprint density at radius 1 is 1.06 bits per heavy atom. The Morgan fingerprint density at radius 2 is 1.74 bits per heavy atom. The molecule has 9 heteroatoms. The van der Waals surface area contributed by atoms with Gasteiger partial charge in [0, 0.05) is 11.8 Å². The Kier molecular flexibility index (Phi) is 7.43. The van der Waals surface area contributed by atoms with Crippen molar-refractivity contribution in [1.29, 1.82) is 0 Å². The van der Waals surface area contributed by atoms with Gasteiger partial charge in [0.05, 0.1) is 29.1 Å². The van der Waals surface area contributed by atoms with E-state index in [0.717, 1.165) is 5.56 Å². The number of pyridine rings is 1. The van der Waals surface area contributed by atoms with E-state index in [1.165, 1.54) is 31.5 Å². The zero-order valence-electron chi connectivity index (χ0n) is 19.3. The summed E-state index contributed by atoms with van der Waals surface area (Å²) in [5.74, 6) is -0.968. The van der Waals surface area contributed by atoms with Crippen molar-refractivity contribution in [3.05, 3.63) is 88.2 Å². The minimum absolute atomic E-state index is 0.00425. The number of aromatic nitrogens is 1. The summed E-state index contributed by atoms with van der Waals surface area (Å²) in [6, 6.07) is 14.3. The van der Waals surface area contributed by atoms with Crippen LogP contribution in [-0.4, -0.2) is 32.3 Å². The number of nitrogens with one attached hydrogen (secondary N) is 1. The highest BCUT2D eigenvalue weighted by Gasteiger charge is 2.23. The number of nitrogens with zero attached hydrogens (tertiary/aromatic N) is 1. The molecule has 0 unspecified atom stereocenters. The van der Waals surface area contributed by atoms with Gasteiger partial charge in [0.1, 0.15) is 5.69 Å². The summed E-state index contributed by atoms with van der Waals surface area (Å²) in [5.41, 5.74) is 1.51. The first kappa shape index (κ1) is 25.4. The molecule has 3 rings (SSSR count). The second-order valence-corrected chi connectivity index (χ2v) is 10.8. The van der Waals surface area contributed by atoms with Crippen LogP contribution in [0.3, 0.4) is 0 Å². The average molecular weight is 501 g/mol. The number of carbonyl (C=O) groups is 2. The van der Waals surface area contributed by atoms with Crippen LogP contribution >= 0.6 is 11.6 Å². The largest absolute Gasteiger partial charge is 0.469 e. The van der Waals surface area contributed by atoms with Gasteiger partial charge in [-0.15, -0.1) is 0 Å². The van der Waals surface area contributed by atoms with Gasteiger partial charge in [-0.1, -0.05) is 62.7 Å². The smallest absolute Gasteiger partial charge is 0.309 e. The van der Waals surface area contributed by atoms with Gasteiger partial charge in [0.2, 0.25) is 5.78 Å². The molecular weight excluding hydrogens is 476 g/mol. The van der Waals surface area contributed by atoms with E-state index in [2.05, 4.69) is 14.4 Å². The third-order valence-electron chi connectivity index (χ3n) is 5.11. The summed E-state index contributed by atoms with van der Waals surface area (Å²) >= 11 is 6.05. The Labute approximate surface area is 204 Å². The van der Waals surface area contributed by atoms with E-state index in [9.17, 15) is 18.0 Å². The number of sulfonamides is 1. The van der Waals surface area contributed by atoms with E-state index in [4.69, 9.17) is 11.6 Å². The highest BCUT2D eigenvalue weighted by atomic mass is 35.5. The van der Waals surface area contributed by atoms with E-state index in [0.29, 0.717) is 5.56 Å². The molecule has 0 bridgehead atoms. The molecule has 34 heavy (non-hydrogen) atoms. The number of ether oxygens (including phenoxy) is 1. The minimum Gasteiger partial charge on any atom is -0.469 e. The van der Waals surface area contributed by atoms with Crippen LogP contribution in [0.25, 0.3) is 0 Å². The second kappa shape index (κ2) is 9.95. The SMILES string of the molecule is COC(=O)Cc1cccc(C(=O)c2ncc(Cl)cc2NS(=O)(=O)c2ccc(C(C)(C)C)cc2)c1. The summed E-state index contributed by atoms with van der Waals surface area (Å²) in [5, 5.41) is 0.164. The molecule has 1 N–H and O–H groups in total. The normalized spacial score (nSPS) is 11.7. The lowest BCUT2D eigenvalue weighted by atomic mass is 9.87. The lowest BCUT2D eigenvalue weighted by molar-refractivity contribution is -0.139. The van der Waals surface area contributed by atoms with Gasteiger partial charge < -0.3 is 4.74 Å². The molecule has 0 fully saturated rings. The average Bonchev–Trinajstić information content (AvgIpc) is 2.78. The van der Waals surface area contributed by atoms with E-state index in [-0.39, 0.29) is 38.7 Å². The maximum Gasteiger partial charge on any atom is 0.309 e. The summed E-state index contributed by atoms with van der Waals surface area (Å²) in [6.45, 7) is 6.10. The number of benzene rings is 2. The molecule has 1 heterocycles. The van der Waals surface area contributed by atoms with Gasteiger partial charge in [0.25, 0.3) is 10.0 Å². The summed E-state index contributed by atoms with van der Waals surface area (Å²) in [7, 11) is -2.74. The first-order chi connectivity index (χ1) is 15.9. The topological polar surface area (TPSA) is 102 Å². The zero-order chi connectivity index (χ0) is 25.1. The molecule has 0 aliphatic rings.